The van der Waals surface area contributed by atoms with E-state index in [4.69, 9.17) is 5.73 Å². The Kier molecular flexibility index (Phi) is 8.50. The smallest absolute Gasteiger partial charge is 0.364 e. The predicted octanol–water partition coefficient (Wildman–Crippen LogP) is 7.38. The van der Waals surface area contributed by atoms with Gasteiger partial charge >= 0.3 is 24.4 Å². The molecule has 4 rings (SSSR count). The van der Waals surface area contributed by atoms with Crippen LogP contribution in [0, 0.1) is 11.6 Å². The van der Waals surface area contributed by atoms with E-state index in [-0.39, 0.29) is 28.2 Å². The molecule has 230 valence electrons. The maximum absolute atomic E-state index is 14.1. The molecule has 1 aromatic heterocycles. The minimum atomic E-state index is -4.80. The molecule has 17 heteroatoms. The van der Waals surface area contributed by atoms with E-state index in [1.165, 1.54) is 24.3 Å². The van der Waals surface area contributed by atoms with Gasteiger partial charge < -0.3 is 32.0 Å². The number of urea groups is 2. The van der Waals surface area contributed by atoms with Crippen molar-refractivity contribution in [2.24, 2.45) is 5.73 Å². The van der Waals surface area contributed by atoms with Gasteiger partial charge in [0.15, 0.2) is 0 Å². The van der Waals surface area contributed by atoms with Crippen molar-refractivity contribution in [2.75, 3.05) is 21.3 Å². The molecule has 7 N–H and O–H groups in total. The highest BCUT2D eigenvalue weighted by Crippen LogP contribution is 2.35. The second-order valence-corrected chi connectivity index (χ2v) is 8.94. The molecule has 0 spiro atoms. The first kappa shape index (κ1) is 31.3. The van der Waals surface area contributed by atoms with Crippen LogP contribution in [-0.2, 0) is 12.4 Å². The normalized spacial score (nSPS) is 11.5. The van der Waals surface area contributed by atoms with Crippen LogP contribution in [0.4, 0.5) is 67.5 Å². The van der Waals surface area contributed by atoms with E-state index < -0.39 is 64.5 Å². The average molecular weight is 626 g/mol. The third-order valence-electron chi connectivity index (χ3n) is 5.89. The molecule has 9 nitrogen and oxygen atoms in total. The zero-order chi connectivity index (χ0) is 32.4. The number of primary amides is 1. The fraction of sp³-hybridized carbons (Fsp3) is 0.0741. The van der Waals surface area contributed by atoms with Gasteiger partial charge in [-0.1, -0.05) is 12.1 Å². The maximum Gasteiger partial charge on any atom is 0.416 e. The molecule has 0 aliphatic heterocycles. The van der Waals surface area contributed by atoms with Crippen molar-refractivity contribution in [1.29, 1.82) is 0 Å². The van der Waals surface area contributed by atoms with E-state index in [0.717, 1.165) is 6.20 Å². The Labute approximate surface area is 241 Å². The van der Waals surface area contributed by atoms with E-state index in [1.54, 1.807) is 0 Å². The number of benzene rings is 3. The number of anilines is 4. The molecule has 3 aromatic carbocycles. The number of aromatic amines is 1. The lowest BCUT2D eigenvalue weighted by Gasteiger charge is -2.13. The van der Waals surface area contributed by atoms with Crippen molar-refractivity contribution in [1.82, 2.24) is 4.98 Å². The number of hydrogen-bond donors (Lipinski definition) is 6. The number of carbonyl (C=O) groups excluding carboxylic acids is 3. The first-order valence-corrected chi connectivity index (χ1v) is 12.0. The summed E-state index contributed by atoms with van der Waals surface area (Å²) in [6, 6.07) is 5.88. The number of amides is 5. The van der Waals surface area contributed by atoms with Gasteiger partial charge in [0.05, 0.1) is 28.2 Å². The topological polar surface area (TPSA) is 141 Å². The molecule has 0 saturated carbocycles. The van der Waals surface area contributed by atoms with Crippen LogP contribution in [0.25, 0.3) is 11.1 Å². The summed E-state index contributed by atoms with van der Waals surface area (Å²) in [5.74, 6) is -3.24. The van der Waals surface area contributed by atoms with Gasteiger partial charge in [-0.15, -0.1) is 0 Å². The standard InChI is InChI=1S/C27H18F8N6O3/c28-16-7-3-13(26(30,31)32)9-18(16)39-24(43)38-15-5-1-12(2-6-15)21-20(11-37-22(21)23(36)42)41-25(44)40-19-10-14(27(33,34)35)4-8-17(19)29/h1-11,37H,(H2,36,42)(H2,38,39,43)(H2,40,41,44). The fourth-order valence-electron chi connectivity index (χ4n) is 3.89. The Morgan fingerprint density at radius 1 is 0.636 bits per heavy atom. The highest BCUT2D eigenvalue weighted by atomic mass is 19.4. The number of alkyl halides is 6. The third-order valence-corrected chi connectivity index (χ3v) is 5.89. The largest absolute Gasteiger partial charge is 0.416 e. The monoisotopic (exact) mass is 626 g/mol. The first-order valence-electron chi connectivity index (χ1n) is 12.0. The number of hydrogen-bond acceptors (Lipinski definition) is 3. The van der Waals surface area contributed by atoms with Gasteiger partial charge in [-0.05, 0) is 54.1 Å². The number of nitrogens with two attached hydrogens (primary N) is 1. The van der Waals surface area contributed by atoms with Gasteiger partial charge in [0, 0.05) is 17.4 Å². The minimum absolute atomic E-state index is 0.0132. The van der Waals surface area contributed by atoms with Crippen molar-refractivity contribution < 1.29 is 49.5 Å². The molecule has 0 fully saturated rings. The molecule has 0 bridgehead atoms. The molecule has 0 radical (unpaired) electrons. The van der Waals surface area contributed by atoms with E-state index in [0.29, 0.717) is 36.4 Å². The van der Waals surface area contributed by atoms with Gasteiger partial charge in [-0.2, -0.15) is 26.3 Å². The third kappa shape index (κ3) is 7.23. The number of carbonyl (C=O) groups is 3. The van der Waals surface area contributed by atoms with Crippen LogP contribution < -0.4 is 27.0 Å². The number of aromatic nitrogens is 1. The quantitative estimate of drug-likeness (QED) is 0.124. The van der Waals surface area contributed by atoms with Crippen LogP contribution in [0.15, 0.2) is 66.9 Å². The SMILES string of the molecule is NC(=O)c1[nH]cc(NC(=O)Nc2cc(C(F)(F)F)ccc2F)c1-c1ccc(NC(=O)Nc2cc(C(F)(F)F)ccc2F)cc1. The summed E-state index contributed by atoms with van der Waals surface area (Å²) < 4.78 is 106. The summed E-state index contributed by atoms with van der Waals surface area (Å²) in [6.45, 7) is 0. The van der Waals surface area contributed by atoms with Gasteiger partial charge in [0.25, 0.3) is 5.91 Å². The van der Waals surface area contributed by atoms with Crippen LogP contribution in [0.5, 0.6) is 0 Å². The summed E-state index contributed by atoms with van der Waals surface area (Å²) in [6.07, 6.45) is -8.44. The zero-order valence-corrected chi connectivity index (χ0v) is 21.7. The summed E-state index contributed by atoms with van der Waals surface area (Å²) in [4.78, 5) is 39.4. The van der Waals surface area contributed by atoms with Gasteiger partial charge in [0.2, 0.25) is 0 Å². The number of nitrogens with one attached hydrogen (secondary N) is 5. The van der Waals surface area contributed by atoms with Crippen molar-refractivity contribution in [3.63, 3.8) is 0 Å². The molecular weight excluding hydrogens is 608 g/mol. The summed E-state index contributed by atoms with van der Waals surface area (Å²) >= 11 is 0. The summed E-state index contributed by atoms with van der Waals surface area (Å²) in [7, 11) is 0. The number of H-pyrrole nitrogens is 1. The van der Waals surface area contributed by atoms with Crippen molar-refractivity contribution in [3.8, 4) is 11.1 Å². The lowest BCUT2D eigenvalue weighted by atomic mass is 10.0. The van der Waals surface area contributed by atoms with Gasteiger partial charge in [-0.3, -0.25) is 4.79 Å². The molecular formula is C27H18F8N6O3. The van der Waals surface area contributed by atoms with Crippen LogP contribution in [0.3, 0.4) is 0 Å². The van der Waals surface area contributed by atoms with E-state index in [9.17, 15) is 49.5 Å². The van der Waals surface area contributed by atoms with Crippen LogP contribution in [0.1, 0.15) is 21.6 Å². The molecule has 5 amide bonds. The molecule has 0 atom stereocenters. The Morgan fingerprint density at radius 2 is 1.09 bits per heavy atom. The van der Waals surface area contributed by atoms with Crippen molar-refractivity contribution >= 4 is 40.7 Å². The molecule has 44 heavy (non-hydrogen) atoms. The Bertz CT molecular complexity index is 1730. The Morgan fingerprint density at radius 3 is 1.55 bits per heavy atom. The number of rotatable bonds is 6. The average Bonchev–Trinajstić information content (AvgIpc) is 3.34. The molecule has 0 saturated heterocycles. The maximum atomic E-state index is 14.1. The zero-order valence-electron chi connectivity index (χ0n) is 21.7. The van der Waals surface area contributed by atoms with Crippen LogP contribution in [-0.4, -0.2) is 23.0 Å². The molecule has 4 aromatic rings. The first-order chi connectivity index (χ1) is 20.5. The van der Waals surface area contributed by atoms with Crippen molar-refractivity contribution in [3.05, 3.63) is 95.3 Å². The Hall–Kier alpha value is -5.61. The molecule has 0 aliphatic rings. The summed E-state index contributed by atoms with van der Waals surface area (Å²) in [5, 5.41) is 8.49. The minimum Gasteiger partial charge on any atom is -0.364 e. The van der Waals surface area contributed by atoms with Crippen LogP contribution >= 0.6 is 0 Å². The lowest BCUT2D eigenvalue weighted by Crippen LogP contribution is -2.21. The van der Waals surface area contributed by atoms with E-state index in [1.807, 2.05) is 10.6 Å². The molecule has 1 heterocycles. The lowest BCUT2D eigenvalue weighted by molar-refractivity contribution is -0.138. The van der Waals surface area contributed by atoms with E-state index >= 15 is 0 Å². The van der Waals surface area contributed by atoms with Crippen LogP contribution in [0.2, 0.25) is 0 Å². The van der Waals surface area contributed by atoms with E-state index in [2.05, 4.69) is 15.6 Å². The van der Waals surface area contributed by atoms with Crippen molar-refractivity contribution in [2.45, 2.75) is 12.4 Å². The molecule has 0 aliphatic carbocycles. The highest BCUT2D eigenvalue weighted by Gasteiger charge is 2.32. The predicted molar refractivity (Wildman–Crippen MR) is 143 cm³/mol. The summed E-state index contributed by atoms with van der Waals surface area (Å²) in [5.41, 5.74) is 1.49. The van der Waals surface area contributed by atoms with Gasteiger partial charge in [0.1, 0.15) is 17.3 Å². The van der Waals surface area contributed by atoms with Gasteiger partial charge in [-0.25, -0.2) is 18.4 Å². The Balaban J connectivity index is 1.51. The fourth-order valence-corrected chi connectivity index (χ4v) is 3.89. The second kappa shape index (κ2) is 11.9. The number of halogens is 8. The highest BCUT2D eigenvalue weighted by molar-refractivity contribution is 6.07. The second-order valence-electron chi connectivity index (χ2n) is 8.94. The molecule has 0 unspecified atom stereocenters.